The lowest BCUT2D eigenvalue weighted by Gasteiger charge is -2.06. The first-order valence-corrected chi connectivity index (χ1v) is 5.15. The van der Waals surface area contributed by atoms with Crippen molar-refractivity contribution in [1.82, 2.24) is 15.5 Å². The van der Waals surface area contributed by atoms with Gasteiger partial charge in [-0.05, 0) is 12.1 Å². The number of rotatable bonds is 2. The molecule has 0 saturated carbocycles. The molecule has 5 nitrogen and oxygen atoms in total. The molecule has 0 spiro atoms. The van der Waals surface area contributed by atoms with E-state index >= 15 is 0 Å². The first-order valence-electron chi connectivity index (χ1n) is 5.15. The molecule has 0 fully saturated rings. The number of amides is 1. The summed E-state index contributed by atoms with van der Waals surface area (Å²) in [5.41, 5.74) is -0.704. The molecule has 0 aliphatic rings. The minimum Gasteiger partial charge on any atom is -0.351 e. The lowest BCUT2D eigenvalue weighted by Crippen LogP contribution is -2.17. The van der Waals surface area contributed by atoms with Gasteiger partial charge in [-0.3, -0.25) is 4.79 Å². The van der Waals surface area contributed by atoms with Crippen LogP contribution in [-0.2, 0) is 6.18 Å². The van der Waals surface area contributed by atoms with Gasteiger partial charge in [0.25, 0.3) is 0 Å². The molecule has 0 aliphatic heterocycles. The molecular formula is C11H8F3N3O2. The van der Waals surface area contributed by atoms with E-state index in [4.69, 9.17) is 0 Å². The van der Waals surface area contributed by atoms with Gasteiger partial charge < -0.3 is 9.84 Å². The summed E-state index contributed by atoms with van der Waals surface area (Å²) >= 11 is 0. The Kier molecular flexibility index (Phi) is 3.24. The zero-order valence-electron chi connectivity index (χ0n) is 9.65. The normalized spacial score (nSPS) is 11.4. The highest BCUT2D eigenvalue weighted by Gasteiger charge is 2.30. The Labute approximate surface area is 105 Å². The maximum Gasteiger partial charge on any atom is 0.416 e. The number of carbonyl (C=O) groups excluding carboxylic acids is 1. The van der Waals surface area contributed by atoms with E-state index in [1.807, 2.05) is 0 Å². The Hall–Kier alpha value is -2.38. The number of nitrogens with zero attached hydrogens (tertiary/aromatic N) is 2. The highest BCUT2D eigenvalue weighted by molar-refractivity contribution is 5.89. The number of halogens is 3. The standard InChI is InChI=1S/C11H8F3N3O2/c1-15-9(18)10-16-8(17-19-10)6-3-2-4-7(5-6)11(12,13)14/h2-5H,1H3,(H,15,18). The van der Waals surface area contributed by atoms with E-state index < -0.39 is 17.6 Å². The average molecular weight is 271 g/mol. The average Bonchev–Trinajstić information content (AvgIpc) is 2.86. The molecule has 2 rings (SSSR count). The molecule has 1 heterocycles. The van der Waals surface area contributed by atoms with Crippen LogP contribution < -0.4 is 5.32 Å². The Morgan fingerprint density at radius 1 is 1.37 bits per heavy atom. The molecular weight excluding hydrogens is 263 g/mol. The second-order valence-electron chi connectivity index (χ2n) is 3.58. The SMILES string of the molecule is CNC(=O)c1nc(-c2cccc(C(F)(F)F)c2)no1. The molecule has 100 valence electrons. The van der Waals surface area contributed by atoms with Crippen molar-refractivity contribution in [3.63, 3.8) is 0 Å². The topological polar surface area (TPSA) is 68.0 Å². The zero-order chi connectivity index (χ0) is 14.0. The Bertz CT molecular complexity index is 607. The van der Waals surface area contributed by atoms with E-state index in [0.717, 1.165) is 12.1 Å². The summed E-state index contributed by atoms with van der Waals surface area (Å²) in [6.45, 7) is 0. The van der Waals surface area contributed by atoms with E-state index in [9.17, 15) is 18.0 Å². The van der Waals surface area contributed by atoms with Crippen molar-refractivity contribution >= 4 is 5.91 Å². The summed E-state index contributed by atoms with van der Waals surface area (Å²) in [4.78, 5) is 14.9. The lowest BCUT2D eigenvalue weighted by molar-refractivity contribution is -0.137. The molecule has 1 aromatic heterocycles. The fraction of sp³-hybridized carbons (Fsp3) is 0.182. The Morgan fingerprint density at radius 3 is 2.74 bits per heavy atom. The third kappa shape index (κ3) is 2.72. The number of hydrogen-bond donors (Lipinski definition) is 1. The summed E-state index contributed by atoms with van der Waals surface area (Å²) in [6.07, 6.45) is -4.45. The molecule has 0 radical (unpaired) electrons. The molecule has 19 heavy (non-hydrogen) atoms. The molecule has 0 aliphatic carbocycles. The van der Waals surface area contributed by atoms with Crippen molar-refractivity contribution in [2.45, 2.75) is 6.18 Å². The van der Waals surface area contributed by atoms with E-state index in [0.29, 0.717) is 0 Å². The third-order valence-electron chi connectivity index (χ3n) is 2.30. The van der Waals surface area contributed by atoms with Crippen molar-refractivity contribution in [3.8, 4) is 11.4 Å². The summed E-state index contributed by atoms with van der Waals surface area (Å²) in [7, 11) is 1.37. The van der Waals surface area contributed by atoms with Crippen LogP contribution in [0.1, 0.15) is 16.2 Å². The van der Waals surface area contributed by atoms with Gasteiger partial charge in [0.1, 0.15) is 0 Å². The number of hydrogen-bond acceptors (Lipinski definition) is 4. The van der Waals surface area contributed by atoms with Gasteiger partial charge in [-0.25, -0.2) is 0 Å². The summed E-state index contributed by atoms with van der Waals surface area (Å²) in [6, 6.07) is 4.45. The molecule has 1 N–H and O–H groups in total. The first-order chi connectivity index (χ1) is 8.91. The van der Waals surface area contributed by atoms with E-state index in [1.54, 1.807) is 0 Å². The molecule has 0 unspecified atom stereocenters. The third-order valence-corrected chi connectivity index (χ3v) is 2.30. The van der Waals surface area contributed by atoms with Gasteiger partial charge in [-0.1, -0.05) is 17.3 Å². The monoisotopic (exact) mass is 271 g/mol. The van der Waals surface area contributed by atoms with E-state index in [1.165, 1.54) is 19.2 Å². The predicted molar refractivity (Wildman–Crippen MR) is 58.1 cm³/mol. The molecule has 8 heteroatoms. The summed E-state index contributed by atoms with van der Waals surface area (Å²) in [5.74, 6) is -0.995. The van der Waals surface area contributed by atoms with Crippen LogP contribution in [0.3, 0.4) is 0 Å². The number of alkyl halides is 3. The summed E-state index contributed by atoms with van der Waals surface area (Å²) < 4.78 is 42.3. The van der Waals surface area contributed by atoms with Crippen molar-refractivity contribution in [3.05, 3.63) is 35.7 Å². The Balaban J connectivity index is 2.37. The molecule has 1 aromatic carbocycles. The minimum atomic E-state index is -4.45. The zero-order valence-corrected chi connectivity index (χ0v) is 9.65. The van der Waals surface area contributed by atoms with Crippen LogP contribution in [0, 0.1) is 0 Å². The van der Waals surface area contributed by atoms with Gasteiger partial charge in [0, 0.05) is 12.6 Å². The van der Waals surface area contributed by atoms with Gasteiger partial charge in [0.2, 0.25) is 5.82 Å². The number of benzene rings is 1. The van der Waals surface area contributed by atoms with Gasteiger partial charge in [-0.2, -0.15) is 18.2 Å². The van der Waals surface area contributed by atoms with Crippen LogP contribution in [0.25, 0.3) is 11.4 Å². The molecule has 0 atom stereocenters. The largest absolute Gasteiger partial charge is 0.416 e. The maximum atomic E-state index is 12.5. The van der Waals surface area contributed by atoms with Crippen LogP contribution in [0.4, 0.5) is 13.2 Å². The van der Waals surface area contributed by atoms with Gasteiger partial charge in [0.05, 0.1) is 5.56 Å². The predicted octanol–water partition coefficient (Wildman–Crippen LogP) is 2.12. The van der Waals surface area contributed by atoms with Crippen LogP contribution in [0.2, 0.25) is 0 Å². The van der Waals surface area contributed by atoms with Crippen molar-refractivity contribution in [2.75, 3.05) is 7.05 Å². The van der Waals surface area contributed by atoms with Crippen LogP contribution in [0.5, 0.6) is 0 Å². The van der Waals surface area contributed by atoms with Crippen LogP contribution >= 0.6 is 0 Å². The number of aromatic nitrogens is 2. The highest BCUT2D eigenvalue weighted by Crippen LogP contribution is 2.31. The van der Waals surface area contributed by atoms with Gasteiger partial charge in [-0.15, -0.1) is 0 Å². The quantitative estimate of drug-likeness (QED) is 0.908. The maximum absolute atomic E-state index is 12.5. The van der Waals surface area contributed by atoms with E-state index in [2.05, 4.69) is 20.0 Å². The van der Waals surface area contributed by atoms with Gasteiger partial charge in [0.15, 0.2) is 0 Å². The number of nitrogens with one attached hydrogen (secondary N) is 1. The Morgan fingerprint density at radius 2 is 2.11 bits per heavy atom. The minimum absolute atomic E-state index is 0.0790. The molecule has 2 aromatic rings. The first kappa shape index (κ1) is 13.1. The number of carbonyl (C=O) groups is 1. The second kappa shape index (κ2) is 4.71. The fourth-order valence-corrected chi connectivity index (χ4v) is 1.37. The lowest BCUT2D eigenvalue weighted by atomic mass is 10.1. The van der Waals surface area contributed by atoms with Crippen molar-refractivity contribution < 1.29 is 22.5 Å². The van der Waals surface area contributed by atoms with Gasteiger partial charge >= 0.3 is 18.0 Å². The highest BCUT2D eigenvalue weighted by atomic mass is 19.4. The van der Waals surface area contributed by atoms with Crippen LogP contribution in [0.15, 0.2) is 28.8 Å². The van der Waals surface area contributed by atoms with Crippen molar-refractivity contribution in [1.29, 1.82) is 0 Å². The van der Waals surface area contributed by atoms with Crippen LogP contribution in [-0.4, -0.2) is 23.1 Å². The smallest absolute Gasteiger partial charge is 0.351 e. The summed E-state index contributed by atoms with van der Waals surface area (Å²) in [5, 5.41) is 5.73. The second-order valence-corrected chi connectivity index (χ2v) is 3.58. The van der Waals surface area contributed by atoms with E-state index in [-0.39, 0.29) is 17.3 Å². The molecule has 1 amide bonds. The molecule has 0 saturated heterocycles. The molecule has 0 bridgehead atoms. The fourth-order valence-electron chi connectivity index (χ4n) is 1.37. The van der Waals surface area contributed by atoms with Crippen molar-refractivity contribution in [2.24, 2.45) is 0 Å².